The third kappa shape index (κ3) is 6.41. The molecular formula is C21H33FN4O3. The summed E-state index contributed by atoms with van der Waals surface area (Å²) >= 11 is 0. The summed E-state index contributed by atoms with van der Waals surface area (Å²) in [7, 11) is 0. The van der Waals surface area contributed by atoms with E-state index in [0.717, 1.165) is 25.7 Å². The Bertz CT molecular complexity index is 655. The molecule has 0 aromatic carbocycles. The first-order chi connectivity index (χ1) is 13.6. The highest BCUT2D eigenvalue weighted by Crippen LogP contribution is 2.26. The van der Waals surface area contributed by atoms with Gasteiger partial charge in [-0.15, -0.1) is 0 Å². The largest absolute Gasteiger partial charge is 0.356 e. The Morgan fingerprint density at radius 3 is 2.55 bits per heavy atom. The molecule has 0 aromatic rings. The van der Waals surface area contributed by atoms with Gasteiger partial charge in [0.15, 0.2) is 6.04 Å². The monoisotopic (exact) mass is 408 g/mol. The van der Waals surface area contributed by atoms with Crippen molar-refractivity contribution in [3.05, 3.63) is 0 Å². The third-order valence-corrected chi connectivity index (χ3v) is 5.59. The number of rotatable bonds is 5. The molecule has 0 spiro atoms. The highest BCUT2D eigenvalue weighted by molar-refractivity contribution is 5.88. The summed E-state index contributed by atoms with van der Waals surface area (Å²) in [4.78, 5) is 39.2. The van der Waals surface area contributed by atoms with Crippen LogP contribution in [0.3, 0.4) is 0 Å². The molecule has 8 heteroatoms. The number of carbonyl (C=O) groups excluding carboxylic acids is 3. The fourth-order valence-corrected chi connectivity index (χ4v) is 4.03. The predicted molar refractivity (Wildman–Crippen MR) is 106 cm³/mol. The van der Waals surface area contributed by atoms with Gasteiger partial charge in [-0.3, -0.25) is 14.4 Å². The first kappa shape index (κ1) is 23.1. The summed E-state index contributed by atoms with van der Waals surface area (Å²) in [6.07, 6.45) is 4.55. The molecule has 3 atom stereocenters. The van der Waals surface area contributed by atoms with Gasteiger partial charge in [-0.25, -0.2) is 0 Å². The first-order valence-corrected chi connectivity index (χ1v) is 10.6. The summed E-state index contributed by atoms with van der Waals surface area (Å²) in [5.74, 6) is -1.69. The van der Waals surface area contributed by atoms with Crippen LogP contribution in [0.1, 0.15) is 72.1 Å². The topological polar surface area (TPSA) is 93.5 Å². The van der Waals surface area contributed by atoms with E-state index in [4.69, 9.17) is 0 Å². The fraction of sp³-hybridized carbons (Fsp3) is 0.810. The fourth-order valence-electron chi connectivity index (χ4n) is 4.03. The molecule has 3 amide bonds. The van der Waals surface area contributed by atoms with E-state index >= 15 is 4.48 Å². The highest BCUT2D eigenvalue weighted by atomic mass is 19.2. The van der Waals surface area contributed by atoms with Crippen LogP contribution in [-0.4, -0.2) is 52.9 Å². The van der Waals surface area contributed by atoms with E-state index in [-0.39, 0.29) is 35.2 Å². The smallest absolute Gasteiger partial charge is 0.274 e. The number of hydrogen-bond acceptors (Lipinski definition) is 4. The molecule has 162 valence electrons. The quantitative estimate of drug-likeness (QED) is 0.708. The van der Waals surface area contributed by atoms with Crippen LogP contribution in [0, 0.1) is 22.7 Å². The SMILES string of the molecule is CC(C)(C)CC(=O)N1CCCCCC[C@H]1C(=O)N(F)[C@H](C#N)CC1CCNC1=O. The van der Waals surface area contributed by atoms with Gasteiger partial charge in [0.2, 0.25) is 11.8 Å². The van der Waals surface area contributed by atoms with Crippen molar-refractivity contribution in [2.24, 2.45) is 11.3 Å². The lowest BCUT2D eigenvalue weighted by Gasteiger charge is -2.36. The van der Waals surface area contributed by atoms with Gasteiger partial charge in [0.05, 0.1) is 6.07 Å². The van der Waals surface area contributed by atoms with E-state index < -0.39 is 23.9 Å². The van der Waals surface area contributed by atoms with Crippen LogP contribution in [0.15, 0.2) is 0 Å². The zero-order valence-corrected chi connectivity index (χ0v) is 17.7. The lowest BCUT2D eigenvalue weighted by Crippen LogP contribution is -2.52. The van der Waals surface area contributed by atoms with Crippen molar-refractivity contribution < 1.29 is 18.9 Å². The van der Waals surface area contributed by atoms with Gasteiger partial charge in [0, 0.05) is 25.4 Å². The molecule has 2 heterocycles. The van der Waals surface area contributed by atoms with Crippen LogP contribution >= 0.6 is 0 Å². The maximum absolute atomic E-state index is 15.0. The average molecular weight is 409 g/mol. The second kappa shape index (κ2) is 10.0. The van der Waals surface area contributed by atoms with Crippen molar-refractivity contribution in [3.63, 3.8) is 0 Å². The van der Waals surface area contributed by atoms with Crippen molar-refractivity contribution in [2.45, 2.75) is 84.2 Å². The summed E-state index contributed by atoms with van der Waals surface area (Å²) in [5, 5.41) is 12.1. The van der Waals surface area contributed by atoms with Crippen LogP contribution in [0.2, 0.25) is 0 Å². The second-order valence-corrected chi connectivity index (χ2v) is 9.35. The Morgan fingerprint density at radius 2 is 1.97 bits per heavy atom. The molecule has 7 nitrogen and oxygen atoms in total. The van der Waals surface area contributed by atoms with Gasteiger partial charge in [-0.05, 0) is 31.1 Å². The van der Waals surface area contributed by atoms with E-state index in [9.17, 15) is 19.6 Å². The molecule has 2 rings (SSSR count). The molecule has 0 saturated carbocycles. The highest BCUT2D eigenvalue weighted by Gasteiger charge is 2.39. The van der Waals surface area contributed by atoms with Crippen LogP contribution in [0.25, 0.3) is 0 Å². The average Bonchev–Trinajstić information content (AvgIpc) is 3.01. The number of likely N-dealkylation sites (tertiary alicyclic amines) is 1. The minimum absolute atomic E-state index is 0.0325. The minimum atomic E-state index is -1.33. The Labute approximate surface area is 172 Å². The van der Waals surface area contributed by atoms with Crippen molar-refractivity contribution in [3.8, 4) is 6.07 Å². The Kier molecular flexibility index (Phi) is 8.00. The standard InChI is InChI=1S/C21H33FN4O3/c1-21(2,3)13-18(27)25-11-7-5-4-6-8-17(25)20(29)26(22)16(14-23)12-15-9-10-24-19(15)28/h15-17H,4-13H2,1-3H3,(H,24,28)/t15?,16-,17-/m0/s1. The minimum Gasteiger partial charge on any atom is -0.356 e. The van der Waals surface area contributed by atoms with Crippen molar-refractivity contribution >= 4 is 17.7 Å². The summed E-state index contributed by atoms with van der Waals surface area (Å²) in [6.45, 7) is 6.77. The molecule has 2 aliphatic heterocycles. The van der Waals surface area contributed by atoms with Crippen molar-refractivity contribution in [1.29, 1.82) is 5.26 Å². The molecule has 1 N–H and O–H groups in total. The molecular weight excluding hydrogens is 375 g/mol. The molecule has 2 aliphatic rings. The molecule has 2 fully saturated rings. The Balaban J connectivity index is 2.15. The van der Waals surface area contributed by atoms with Gasteiger partial charge >= 0.3 is 0 Å². The zero-order chi connectivity index (χ0) is 21.6. The molecule has 0 aliphatic carbocycles. The number of carbonyl (C=O) groups is 3. The second-order valence-electron chi connectivity index (χ2n) is 9.35. The molecule has 1 unspecified atom stereocenters. The van der Waals surface area contributed by atoms with Gasteiger partial charge < -0.3 is 10.2 Å². The summed E-state index contributed by atoms with van der Waals surface area (Å²) in [6, 6.07) is -0.406. The van der Waals surface area contributed by atoms with E-state index in [1.165, 1.54) is 4.90 Å². The summed E-state index contributed by atoms with van der Waals surface area (Å²) in [5.41, 5.74) is -0.243. The van der Waals surface area contributed by atoms with Gasteiger partial charge in [-0.1, -0.05) is 44.5 Å². The number of amides is 3. The van der Waals surface area contributed by atoms with E-state index in [0.29, 0.717) is 25.9 Å². The van der Waals surface area contributed by atoms with Crippen LogP contribution < -0.4 is 5.32 Å². The number of hydrogen-bond donors (Lipinski definition) is 1. The third-order valence-electron chi connectivity index (χ3n) is 5.59. The predicted octanol–water partition coefficient (Wildman–Crippen LogP) is 2.72. The van der Waals surface area contributed by atoms with Gasteiger partial charge in [0.25, 0.3) is 5.91 Å². The van der Waals surface area contributed by atoms with Crippen LogP contribution in [0.4, 0.5) is 4.48 Å². The molecule has 0 aromatic heterocycles. The number of nitrogens with zero attached hydrogens (tertiary/aromatic N) is 3. The zero-order valence-electron chi connectivity index (χ0n) is 17.7. The van der Waals surface area contributed by atoms with Crippen molar-refractivity contribution in [1.82, 2.24) is 15.3 Å². The molecule has 0 bridgehead atoms. The molecule has 2 saturated heterocycles. The van der Waals surface area contributed by atoms with E-state index in [1.54, 1.807) is 0 Å². The van der Waals surface area contributed by atoms with Gasteiger partial charge in [-0.2, -0.15) is 10.4 Å². The first-order valence-electron chi connectivity index (χ1n) is 10.6. The van der Waals surface area contributed by atoms with Crippen LogP contribution in [-0.2, 0) is 14.4 Å². The molecule has 0 radical (unpaired) electrons. The maximum atomic E-state index is 15.0. The Morgan fingerprint density at radius 1 is 1.28 bits per heavy atom. The number of nitriles is 1. The van der Waals surface area contributed by atoms with E-state index in [2.05, 4.69) is 5.32 Å². The Hall–Kier alpha value is -2.17. The maximum Gasteiger partial charge on any atom is 0.274 e. The van der Waals surface area contributed by atoms with Crippen molar-refractivity contribution in [2.75, 3.05) is 13.1 Å². The lowest BCUT2D eigenvalue weighted by atomic mass is 9.90. The van der Waals surface area contributed by atoms with Crippen LogP contribution in [0.5, 0.6) is 0 Å². The van der Waals surface area contributed by atoms with Gasteiger partial charge in [0.1, 0.15) is 6.04 Å². The summed E-state index contributed by atoms with van der Waals surface area (Å²) < 4.78 is 15.0. The number of nitrogens with one attached hydrogen (secondary N) is 1. The number of halogens is 1. The normalized spacial score (nSPS) is 24.1. The lowest BCUT2D eigenvalue weighted by molar-refractivity contribution is -0.161. The molecule has 29 heavy (non-hydrogen) atoms. The van der Waals surface area contributed by atoms with E-state index in [1.807, 2.05) is 26.8 Å².